The summed E-state index contributed by atoms with van der Waals surface area (Å²) in [7, 11) is -2.26. The van der Waals surface area contributed by atoms with E-state index in [1.165, 1.54) is 0 Å². The van der Waals surface area contributed by atoms with Crippen LogP contribution < -0.4 is 5.32 Å². The maximum absolute atomic E-state index is 8.52. The topological polar surface area (TPSA) is 35.8 Å². The van der Waals surface area contributed by atoms with Crippen molar-refractivity contribution in [1.82, 2.24) is 5.32 Å². The monoisotopic (exact) mass is 228 g/mol. The van der Waals surface area contributed by atoms with E-state index in [-0.39, 0.29) is 0 Å². The van der Waals surface area contributed by atoms with E-state index in [2.05, 4.69) is 50.7 Å². The molecule has 0 aromatic carbocycles. The summed E-state index contributed by atoms with van der Waals surface area (Å²) in [5.41, 5.74) is 0. The van der Waals surface area contributed by atoms with Gasteiger partial charge in [-0.25, -0.2) is 0 Å². The van der Waals surface area contributed by atoms with E-state index in [1.54, 1.807) is 0 Å². The first-order chi connectivity index (χ1) is 6.19. The van der Waals surface area contributed by atoms with E-state index in [1.807, 2.05) is 0 Å². The lowest BCUT2D eigenvalue weighted by molar-refractivity contribution is 0.725. The molecule has 0 aliphatic rings. The Kier molecular flexibility index (Phi) is 5.06. The van der Waals surface area contributed by atoms with Gasteiger partial charge in [-0.05, 0) is 5.29 Å². The molecule has 0 saturated heterocycles. The zero-order chi connectivity index (χ0) is 11.4. The van der Waals surface area contributed by atoms with Crippen LogP contribution in [0.15, 0.2) is 0 Å². The average molecular weight is 228 g/mol. The molecule has 0 fully saturated rings. The van der Waals surface area contributed by atoms with Crippen molar-refractivity contribution in [2.75, 3.05) is 6.54 Å². The Bertz CT molecular complexity index is 194. The summed E-state index contributed by atoms with van der Waals surface area (Å²) < 4.78 is 0. The number of rotatable bonds is 5. The van der Waals surface area contributed by atoms with Crippen LogP contribution in [0.3, 0.4) is 0 Å². The van der Waals surface area contributed by atoms with Crippen molar-refractivity contribution in [2.45, 2.75) is 51.0 Å². The number of hydrogen-bond acceptors (Lipinski definition) is 2. The van der Waals surface area contributed by atoms with E-state index in [0.29, 0.717) is 11.7 Å². The Morgan fingerprint density at radius 3 is 1.79 bits per heavy atom. The number of nitrogens with zero attached hydrogens (tertiary/aromatic N) is 1. The molecule has 0 radical (unpaired) electrons. The molecule has 82 valence electrons. The van der Waals surface area contributed by atoms with Crippen LogP contribution in [0, 0.1) is 11.3 Å². The van der Waals surface area contributed by atoms with Gasteiger partial charge < -0.3 is 5.32 Å². The summed E-state index contributed by atoms with van der Waals surface area (Å²) in [6, 6.07) is 2.19. The van der Waals surface area contributed by atoms with E-state index in [9.17, 15) is 0 Å². The maximum atomic E-state index is 8.52. The van der Waals surface area contributed by atoms with Crippen molar-refractivity contribution >= 4 is 16.1 Å². The molecule has 0 amide bonds. The third-order valence-corrected chi connectivity index (χ3v) is 11.4. The summed E-state index contributed by atoms with van der Waals surface area (Å²) in [6.45, 7) is 15.3. The summed E-state index contributed by atoms with van der Waals surface area (Å²) in [6.07, 6.45) is 0.630. The van der Waals surface area contributed by atoms with Crippen molar-refractivity contribution in [3.8, 4) is 6.07 Å². The normalized spacial score (nSPS) is 13.0. The molecule has 0 bridgehead atoms. The number of nitrogens with one attached hydrogen (secondary N) is 1. The van der Waals surface area contributed by atoms with Gasteiger partial charge in [0.15, 0.2) is 0 Å². The third-order valence-electron chi connectivity index (χ3n) is 2.32. The first kappa shape index (κ1) is 13.9. The van der Waals surface area contributed by atoms with Gasteiger partial charge in [0.05, 0.1) is 22.2 Å². The maximum Gasteiger partial charge on any atom is 0.0635 e. The second-order valence-electron chi connectivity index (χ2n) is 6.03. The third kappa shape index (κ3) is 4.94. The van der Waals surface area contributed by atoms with Crippen molar-refractivity contribution in [1.29, 1.82) is 5.26 Å². The first-order valence-corrected chi connectivity index (χ1v) is 12.5. The number of hydrogen-bond donors (Lipinski definition) is 1. The molecule has 4 heteroatoms. The van der Waals surface area contributed by atoms with Crippen LogP contribution in [0.4, 0.5) is 0 Å². The molecule has 0 aromatic rings. The summed E-state index contributed by atoms with van der Waals surface area (Å²) >= 11 is 0. The molecule has 0 aliphatic carbocycles. The highest BCUT2D eigenvalue weighted by molar-refractivity contribution is 6.96. The largest absolute Gasteiger partial charge is 0.318 e. The molecule has 0 unspecified atom stereocenters. The highest BCUT2D eigenvalue weighted by Gasteiger charge is 2.36. The smallest absolute Gasteiger partial charge is 0.0635 e. The van der Waals surface area contributed by atoms with Gasteiger partial charge in [0.1, 0.15) is 0 Å². The molecule has 0 saturated carbocycles. The Hall–Kier alpha value is -0.116. The molecular weight excluding hydrogens is 204 g/mol. The van der Waals surface area contributed by atoms with Crippen LogP contribution in [0.25, 0.3) is 0 Å². The molecule has 1 N–H and O–H groups in total. The Morgan fingerprint density at radius 2 is 1.50 bits per heavy atom. The second-order valence-corrected chi connectivity index (χ2v) is 17.2. The van der Waals surface area contributed by atoms with Crippen LogP contribution in [0.1, 0.15) is 6.42 Å². The lowest BCUT2D eigenvalue weighted by atomic mass is 10.5. The minimum atomic E-state index is -1.13. The fourth-order valence-electron chi connectivity index (χ4n) is 2.18. The highest BCUT2D eigenvalue weighted by atomic mass is 28.4. The molecule has 0 spiro atoms. The van der Waals surface area contributed by atoms with Gasteiger partial charge in [-0.15, -0.1) is 0 Å². The molecule has 0 aliphatic heterocycles. The summed E-state index contributed by atoms with van der Waals surface area (Å²) in [5.74, 6) is 0. The summed E-state index contributed by atoms with van der Waals surface area (Å²) in [5, 5.41) is 12.8. The molecule has 0 aromatic heterocycles. The fraction of sp³-hybridized carbons (Fsp3) is 0.900. The molecule has 0 rings (SSSR count). The zero-order valence-corrected chi connectivity index (χ0v) is 12.4. The van der Waals surface area contributed by atoms with Crippen molar-refractivity contribution in [3.63, 3.8) is 0 Å². The van der Waals surface area contributed by atoms with E-state index in [0.717, 1.165) is 6.54 Å². The summed E-state index contributed by atoms with van der Waals surface area (Å²) in [4.78, 5) is 0. The van der Waals surface area contributed by atoms with Crippen LogP contribution in [-0.4, -0.2) is 28.0 Å². The number of nitriles is 1. The standard InChI is InChI=1S/C10H24N2Si2/c1-13(2,3)10(14(4,5)6)12-9-7-8-11/h10,12H,7,9H2,1-6H3. The van der Waals surface area contributed by atoms with Gasteiger partial charge in [-0.1, -0.05) is 39.3 Å². The SMILES string of the molecule is C[Si](C)(C)C(NCCC#N)[Si](C)(C)C. The highest BCUT2D eigenvalue weighted by Crippen LogP contribution is 2.18. The molecule has 14 heavy (non-hydrogen) atoms. The van der Waals surface area contributed by atoms with E-state index < -0.39 is 16.1 Å². The van der Waals surface area contributed by atoms with Crippen LogP contribution in [0.5, 0.6) is 0 Å². The van der Waals surface area contributed by atoms with Crippen molar-refractivity contribution in [3.05, 3.63) is 0 Å². The first-order valence-electron chi connectivity index (χ1n) is 5.30. The van der Waals surface area contributed by atoms with Gasteiger partial charge >= 0.3 is 0 Å². The van der Waals surface area contributed by atoms with Crippen LogP contribution in [0.2, 0.25) is 39.3 Å². The van der Waals surface area contributed by atoms with Gasteiger partial charge in [0, 0.05) is 13.0 Å². The quantitative estimate of drug-likeness (QED) is 0.580. The van der Waals surface area contributed by atoms with Gasteiger partial charge in [0.25, 0.3) is 0 Å². The average Bonchev–Trinajstić information content (AvgIpc) is 1.92. The Balaban J connectivity index is 4.37. The lowest BCUT2D eigenvalue weighted by Crippen LogP contribution is -2.62. The van der Waals surface area contributed by atoms with Crippen LogP contribution in [-0.2, 0) is 0 Å². The molecular formula is C10H24N2Si2. The van der Waals surface area contributed by atoms with Crippen molar-refractivity contribution in [2.24, 2.45) is 0 Å². The molecule has 0 atom stereocenters. The Labute approximate surface area is 90.7 Å². The minimum absolute atomic E-state index is 0.630. The predicted octanol–water partition coefficient (Wildman–Crippen LogP) is 2.61. The minimum Gasteiger partial charge on any atom is -0.318 e. The zero-order valence-electron chi connectivity index (χ0n) is 10.4. The van der Waals surface area contributed by atoms with Crippen molar-refractivity contribution < 1.29 is 0 Å². The second kappa shape index (κ2) is 5.10. The Morgan fingerprint density at radius 1 is 1.07 bits per heavy atom. The van der Waals surface area contributed by atoms with Gasteiger partial charge in [-0.2, -0.15) is 5.26 Å². The van der Waals surface area contributed by atoms with Crippen LogP contribution >= 0.6 is 0 Å². The van der Waals surface area contributed by atoms with E-state index in [4.69, 9.17) is 5.26 Å². The fourth-order valence-corrected chi connectivity index (χ4v) is 14.1. The van der Waals surface area contributed by atoms with E-state index >= 15 is 0 Å². The predicted molar refractivity (Wildman–Crippen MR) is 68.7 cm³/mol. The lowest BCUT2D eigenvalue weighted by Gasteiger charge is -2.39. The molecule has 0 heterocycles. The van der Waals surface area contributed by atoms with Gasteiger partial charge in [-0.3, -0.25) is 0 Å². The molecule has 2 nitrogen and oxygen atoms in total. The van der Waals surface area contributed by atoms with Gasteiger partial charge in [0.2, 0.25) is 0 Å².